The van der Waals surface area contributed by atoms with Crippen molar-refractivity contribution in [2.24, 2.45) is 14.1 Å². The van der Waals surface area contributed by atoms with E-state index in [4.69, 9.17) is 39.0 Å². The zero-order valence-corrected chi connectivity index (χ0v) is 32.3. The SMILES string of the molecule is CNS(=O)(=O)c1ccc(Cc2ccc(Cl)cc2)c(-c2cn(C)cn2)c1.CNS(=O)(=O)c1ccc(N)c(-c2cn(C)cn2)c1.OB(O)c1ccc(Cl)cc1. The summed E-state index contributed by atoms with van der Waals surface area (Å²) in [5, 5.41) is 18.5. The highest BCUT2D eigenvalue weighted by Crippen LogP contribution is 2.29. The Morgan fingerprint density at radius 3 is 1.60 bits per heavy atom. The topological polar surface area (TPSA) is 194 Å². The Morgan fingerprint density at radius 2 is 1.15 bits per heavy atom. The van der Waals surface area contributed by atoms with E-state index in [0.29, 0.717) is 38.9 Å². The monoisotopic (exact) mass is 797 g/mol. The third-order valence-corrected chi connectivity index (χ3v) is 11.0. The van der Waals surface area contributed by atoms with Crippen molar-refractivity contribution in [1.29, 1.82) is 0 Å². The molecule has 13 nitrogen and oxygen atoms in total. The van der Waals surface area contributed by atoms with Crippen LogP contribution in [0.1, 0.15) is 11.1 Å². The van der Waals surface area contributed by atoms with Crippen molar-refractivity contribution in [2.75, 3.05) is 19.8 Å². The van der Waals surface area contributed by atoms with E-state index >= 15 is 0 Å². The molecule has 6 aromatic rings. The summed E-state index contributed by atoms with van der Waals surface area (Å²) in [7, 11) is -1.92. The standard InChI is InChI=1S/C18H18ClN3O2S.C11H14N4O2S.C6H6BClO2/c1-20-25(23,24)16-8-5-14(9-13-3-6-15(19)7-4-13)17(10-16)18-11-22(2)12-21-18;1-13-18(16,17)8-3-4-10(12)9(5-8)11-6-15(2)7-14-11;8-6-3-1-5(2-4-6)7(9)10/h3-8,10-12,20H,9H2,1-2H3;3-7,13H,12H2,1-2H3;1-4,9-10H. The first-order valence-corrected chi connectivity index (χ1v) is 19.5. The Morgan fingerprint density at radius 1 is 0.698 bits per heavy atom. The molecule has 0 saturated heterocycles. The maximum atomic E-state index is 12.1. The fourth-order valence-corrected chi connectivity index (χ4v) is 6.60. The summed E-state index contributed by atoms with van der Waals surface area (Å²) in [5.41, 5.74) is 11.7. The average molecular weight is 799 g/mol. The van der Waals surface area contributed by atoms with Gasteiger partial charge in [-0.1, -0.05) is 53.5 Å². The van der Waals surface area contributed by atoms with Crippen LogP contribution in [-0.4, -0.2) is 67.2 Å². The lowest BCUT2D eigenvalue weighted by Gasteiger charge is -2.11. The van der Waals surface area contributed by atoms with E-state index in [2.05, 4.69) is 19.4 Å². The fraction of sp³-hybridized carbons (Fsp3) is 0.143. The second-order valence-corrected chi connectivity index (χ2v) is 16.2. The summed E-state index contributed by atoms with van der Waals surface area (Å²) >= 11 is 11.5. The van der Waals surface area contributed by atoms with Crippen LogP contribution in [0.25, 0.3) is 22.5 Å². The van der Waals surface area contributed by atoms with E-state index in [1.54, 1.807) is 65.9 Å². The van der Waals surface area contributed by atoms with Crippen LogP contribution in [0.4, 0.5) is 5.69 Å². The molecule has 2 aromatic heterocycles. The van der Waals surface area contributed by atoms with Gasteiger partial charge >= 0.3 is 7.12 Å². The third-order valence-electron chi connectivity index (χ3n) is 7.70. The molecule has 0 aliphatic heterocycles. The molecule has 0 unspecified atom stereocenters. The molecule has 0 bridgehead atoms. The Balaban J connectivity index is 0.000000195. The first-order chi connectivity index (χ1) is 25.0. The first kappa shape index (κ1) is 41.2. The largest absolute Gasteiger partial charge is 0.488 e. The summed E-state index contributed by atoms with van der Waals surface area (Å²) in [4.78, 5) is 8.93. The molecule has 6 rings (SSSR count). The van der Waals surface area contributed by atoms with Crippen molar-refractivity contribution in [3.05, 3.63) is 131 Å². The van der Waals surface area contributed by atoms with Gasteiger partial charge in [-0.25, -0.2) is 36.2 Å². The quantitative estimate of drug-likeness (QED) is 0.107. The van der Waals surface area contributed by atoms with Gasteiger partial charge in [0.2, 0.25) is 20.0 Å². The van der Waals surface area contributed by atoms with E-state index in [9.17, 15) is 16.8 Å². The smallest absolute Gasteiger partial charge is 0.423 e. The Labute approximate surface area is 319 Å². The summed E-state index contributed by atoms with van der Waals surface area (Å²) in [5.74, 6) is 0. The number of halogens is 2. The minimum atomic E-state index is -3.52. The van der Waals surface area contributed by atoms with Gasteiger partial charge in [-0.3, -0.25) is 0 Å². The molecule has 0 aliphatic rings. The van der Waals surface area contributed by atoms with Gasteiger partial charge in [0.25, 0.3) is 0 Å². The van der Waals surface area contributed by atoms with E-state index in [-0.39, 0.29) is 9.79 Å². The van der Waals surface area contributed by atoms with E-state index in [1.165, 1.54) is 26.2 Å². The number of imidazole rings is 2. The van der Waals surface area contributed by atoms with Crippen LogP contribution in [-0.2, 0) is 40.6 Å². The van der Waals surface area contributed by atoms with Crippen LogP contribution in [0.2, 0.25) is 10.0 Å². The molecule has 6 N–H and O–H groups in total. The molecule has 0 atom stereocenters. The molecule has 18 heteroatoms. The average Bonchev–Trinajstić information content (AvgIpc) is 3.78. The van der Waals surface area contributed by atoms with Crippen molar-refractivity contribution in [3.8, 4) is 22.5 Å². The third kappa shape index (κ3) is 11.2. The number of hydrogen-bond donors (Lipinski definition) is 5. The number of rotatable bonds is 9. The Hall–Kier alpha value is -4.52. The van der Waals surface area contributed by atoms with Crippen LogP contribution >= 0.6 is 23.2 Å². The predicted octanol–water partition coefficient (Wildman–Crippen LogP) is 3.84. The molecule has 278 valence electrons. The zero-order valence-electron chi connectivity index (χ0n) is 29.1. The number of aryl methyl sites for hydroxylation is 2. The molecule has 0 fully saturated rings. The number of benzene rings is 4. The first-order valence-electron chi connectivity index (χ1n) is 15.7. The number of hydrogen-bond acceptors (Lipinski definition) is 9. The van der Waals surface area contributed by atoms with Crippen molar-refractivity contribution in [2.45, 2.75) is 16.2 Å². The minimum absolute atomic E-state index is 0.167. The molecule has 4 aromatic carbocycles. The number of sulfonamides is 2. The lowest BCUT2D eigenvalue weighted by Crippen LogP contribution is -2.29. The summed E-state index contributed by atoms with van der Waals surface area (Å²) in [6.07, 6.45) is 7.63. The molecular weight excluding hydrogens is 760 g/mol. The van der Waals surface area contributed by atoms with Gasteiger partial charge < -0.3 is 24.9 Å². The van der Waals surface area contributed by atoms with E-state index in [1.807, 2.05) is 55.2 Å². The molecule has 0 amide bonds. The number of aromatic nitrogens is 4. The van der Waals surface area contributed by atoms with Crippen molar-refractivity contribution in [1.82, 2.24) is 28.5 Å². The Bertz CT molecular complexity index is 2370. The van der Waals surface area contributed by atoms with E-state index in [0.717, 1.165) is 22.4 Å². The van der Waals surface area contributed by atoms with Crippen molar-refractivity contribution < 1.29 is 26.9 Å². The molecular formula is C35H38BCl2N7O6S2. The summed E-state index contributed by atoms with van der Waals surface area (Å²) < 4.78 is 56.0. The molecule has 2 heterocycles. The van der Waals surface area contributed by atoms with Gasteiger partial charge in [0.05, 0.1) is 33.8 Å². The number of nitrogens with two attached hydrogens (primary N) is 1. The highest BCUT2D eigenvalue weighted by molar-refractivity contribution is 7.89. The summed E-state index contributed by atoms with van der Waals surface area (Å²) in [6, 6.07) is 23.6. The van der Waals surface area contributed by atoms with Gasteiger partial charge in [0.15, 0.2) is 0 Å². The van der Waals surface area contributed by atoms with Crippen LogP contribution in [0.15, 0.2) is 120 Å². The van der Waals surface area contributed by atoms with Crippen LogP contribution in [0.3, 0.4) is 0 Å². The van der Waals surface area contributed by atoms with Gasteiger partial charge in [-0.05, 0) is 91.7 Å². The molecule has 0 saturated carbocycles. The Kier molecular flexibility index (Phi) is 14.0. The second-order valence-electron chi connectivity index (χ2n) is 11.6. The molecule has 0 aliphatic carbocycles. The molecule has 0 spiro atoms. The lowest BCUT2D eigenvalue weighted by molar-refractivity contribution is 0.426. The van der Waals surface area contributed by atoms with Crippen LogP contribution in [0, 0.1) is 0 Å². The van der Waals surface area contributed by atoms with Gasteiger partial charge in [0.1, 0.15) is 0 Å². The number of nitrogen functional groups attached to an aromatic ring is 1. The van der Waals surface area contributed by atoms with Crippen LogP contribution < -0.4 is 20.6 Å². The van der Waals surface area contributed by atoms with Gasteiger partial charge in [-0.15, -0.1) is 0 Å². The molecule has 0 radical (unpaired) electrons. The predicted molar refractivity (Wildman–Crippen MR) is 210 cm³/mol. The maximum Gasteiger partial charge on any atom is 0.488 e. The second kappa shape index (κ2) is 18.0. The summed E-state index contributed by atoms with van der Waals surface area (Å²) in [6.45, 7) is 0. The fourth-order valence-electron chi connectivity index (χ4n) is 4.84. The minimum Gasteiger partial charge on any atom is -0.423 e. The number of anilines is 1. The van der Waals surface area contributed by atoms with Crippen molar-refractivity contribution >= 4 is 61.5 Å². The zero-order chi connectivity index (χ0) is 38.9. The van der Waals surface area contributed by atoms with Crippen molar-refractivity contribution in [3.63, 3.8) is 0 Å². The maximum absolute atomic E-state index is 12.1. The number of nitrogens with zero attached hydrogens (tertiary/aromatic N) is 4. The van der Waals surface area contributed by atoms with Gasteiger partial charge in [0, 0.05) is 53.3 Å². The van der Waals surface area contributed by atoms with E-state index < -0.39 is 27.2 Å². The normalized spacial score (nSPS) is 11.2. The van der Waals surface area contributed by atoms with Gasteiger partial charge in [-0.2, -0.15) is 0 Å². The highest BCUT2D eigenvalue weighted by Gasteiger charge is 2.17. The van der Waals surface area contributed by atoms with Crippen LogP contribution in [0.5, 0.6) is 0 Å². The molecule has 53 heavy (non-hydrogen) atoms. The highest BCUT2D eigenvalue weighted by atomic mass is 35.5. The number of nitrogens with one attached hydrogen (secondary N) is 2. The lowest BCUT2D eigenvalue weighted by atomic mass is 9.81.